The zero-order valence-corrected chi connectivity index (χ0v) is 12.8. The van der Waals surface area contributed by atoms with Crippen molar-refractivity contribution in [1.82, 2.24) is 24.8 Å². The first kappa shape index (κ1) is 15.3. The third kappa shape index (κ3) is 3.27. The Morgan fingerprint density at radius 2 is 1.96 bits per heavy atom. The molecule has 0 aromatic carbocycles. The summed E-state index contributed by atoms with van der Waals surface area (Å²) >= 11 is 0. The van der Waals surface area contributed by atoms with E-state index in [9.17, 15) is 9.59 Å². The molecule has 24 heavy (non-hydrogen) atoms. The Hall–Kier alpha value is -3.55. The highest BCUT2D eigenvalue weighted by Gasteiger charge is 2.10. The minimum atomic E-state index is -0.369. The molecule has 0 radical (unpaired) electrons. The second-order valence-corrected chi connectivity index (χ2v) is 4.82. The third-order valence-corrected chi connectivity index (χ3v) is 3.22. The van der Waals surface area contributed by atoms with Crippen LogP contribution in [0.15, 0.2) is 55.2 Å². The van der Waals surface area contributed by atoms with Gasteiger partial charge in [-0.3, -0.25) is 14.2 Å². The molecule has 3 aromatic heterocycles. The van der Waals surface area contributed by atoms with E-state index in [2.05, 4.69) is 25.6 Å². The predicted octanol–water partition coefficient (Wildman–Crippen LogP) is 1.27. The number of pyridine rings is 2. The maximum atomic E-state index is 12.3. The molecule has 0 aliphatic carbocycles. The maximum absolute atomic E-state index is 12.3. The molecule has 0 saturated carbocycles. The van der Waals surface area contributed by atoms with E-state index in [1.54, 1.807) is 47.6 Å². The molecular weight excluding hydrogens is 308 g/mol. The second-order valence-electron chi connectivity index (χ2n) is 4.82. The van der Waals surface area contributed by atoms with Gasteiger partial charge in [0.1, 0.15) is 23.5 Å². The number of imidazole rings is 1. The van der Waals surface area contributed by atoms with Crippen molar-refractivity contribution in [3.63, 3.8) is 0 Å². The molecule has 3 heterocycles. The third-order valence-electron chi connectivity index (χ3n) is 3.22. The van der Waals surface area contributed by atoms with Crippen molar-refractivity contribution < 1.29 is 9.59 Å². The summed E-state index contributed by atoms with van der Waals surface area (Å²) < 4.78 is 1.70. The molecule has 120 valence electrons. The molecule has 0 spiro atoms. The number of aromatic nitrogens is 4. The lowest BCUT2D eigenvalue weighted by atomic mass is 10.3. The Kier molecular flexibility index (Phi) is 4.28. The van der Waals surface area contributed by atoms with E-state index in [0.717, 1.165) is 0 Å². The minimum absolute atomic E-state index is 0.261. The molecule has 0 atom stereocenters. The van der Waals surface area contributed by atoms with Crippen LogP contribution in [0.4, 0.5) is 5.69 Å². The average Bonchev–Trinajstić information content (AvgIpc) is 3.16. The van der Waals surface area contributed by atoms with Gasteiger partial charge in [-0.1, -0.05) is 6.07 Å². The fraction of sp³-hybridized carbons (Fsp3) is 0.0625. The quantitative estimate of drug-likeness (QED) is 0.753. The maximum Gasteiger partial charge on any atom is 0.274 e. The minimum Gasteiger partial charge on any atom is -0.354 e. The van der Waals surface area contributed by atoms with E-state index in [-0.39, 0.29) is 23.2 Å². The Bertz CT molecular complexity index is 859. The fourth-order valence-electron chi connectivity index (χ4n) is 2.01. The van der Waals surface area contributed by atoms with Crippen LogP contribution in [0.2, 0.25) is 0 Å². The van der Waals surface area contributed by atoms with Crippen molar-refractivity contribution >= 4 is 17.5 Å². The van der Waals surface area contributed by atoms with Crippen molar-refractivity contribution in [1.29, 1.82) is 0 Å². The normalized spacial score (nSPS) is 10.2. The van der Waals surface area contributed by atoms with Gasteiger partial charge in [-0.05, 0) is 24.3 Å². The van der Waals surface area contributed by atoms with Gasteiger partial charge in [0.15, 0.2) is 0 Å². The van der Waals surface area contributed by atoms with Crippen molar-refractivity contribution in [2.24, 2.45) is 0 Å². The summed E-state index contributed by atoms with van der Waals surface area (Å²) in [5.74, 6) is -0.0673. The molecule has 0 aliphatic rings. The standard InChI is InChI=1S/C16H14N6O2/c1-17-15(23)12-6-5-11(9-19-12)20-16(24)13-3-2-4-14(21-13)22-8-7-18-10-22/h2-10H,1H3,(H,17,23)(H,20,24). The number of anilines is 1. The zero-order valence-electron chi connectivity index (χ0n) is 12.8. The van der Waals surface area contributed by atoms with Crippen LogP contribution in [0.1, 0.15) is 21.0 Å². The summed E-state index contributed by atoms with van der Waals surface area (Å²) in [7, 11) is 1.53. The average molecular weight is 322 g/mol. The van der Waals surface area contributed by atoms with Crippen LogP contribution in [-0.4, -0.2) is 38.4 Å². The van der Waals surface area contributed by atoms with Gasteiger partial charge in [0.25, 0.3) is 11.8 Å². The summed E-state index contributed by atoms with van der Waals surface area (Å²) in [5, 5.41) is 5.18. The van der Waals surface area contributed by atoms with E-state index in [1.165, 1.54) is 19.3 Å². The van der Waals surface area contributed by atoms with Crippen LogP contribution in [0.25, 0.3) is 5.82 Å². The lowest BCUT2D eigenvalue weighted by Gasteiger charge is -2.07. The van der Waals surface area contributed by atoms with E-state index < -0.39 is 0 Å². The molecule has 8 nitrogen and oxygen atoms in total. The number of amides is 2. The van der Waals surface area contributed by atoms with Crippen LogP contribution in [-0.2, 0) is 0 Å². The first-order chi connectivity index (χ1) is 11.7. The molecule has 0 unspecified atom stereocenters. The topological polar surface area (TPSA) is 102 Å². The Morgan fingerprint density at radius 1 is 1.08 bits per heavy atom. The first-order valence-electron chi connectivity index (χ1n) is 7.12. The van der Waals surface area contributed by atoms with Crippen molar-refractivity contribution in [3.05, 3.63) is 66.6 Å². The molecule has 3 rings (SSSR count). The van der Waals surface area contributed by atoms with Crippen molar-refractivity contribution in [2.75, 3.05) is 12.4 Å². The largest absolute Gasteiger partial charge is 0.354 e. The second kappa shape index (κ2) is 6.69. The molecule has 0 aliphatic heterocycles. The Labute approximate surface area is 137 Å². The molecule has 8 heteroatoms. The molecule has 2 amide bonds. The highest BCUT2D eigenvalue weighted by Crippen LogP contribution is 2.10. The number of nitrogens with one attached hydrogen (secondary N) is 2. The molecule has 0 saturated heterocycles. The molecular formula is C16H14N6O2. The zero-order chi connectivity index (χ0) is 16.9. The molecule has 0 fully saturated rings. The van der Waals surface area contributed by atoms with Gasteiger partial charge in [0.2, 0.25) is 0 Å². The van der Waals surface area contributed by atoms with Crippen LogP contribution in [0.5, 0.6) is 0 Å². The van der Waals surface area contributed by atoms with Gasteiger partial charge in [-0.15, -0.1) is 0 Å². The lowest BCUT2D eigenvalue weighted by molar-refractivity contribution is 0.0957. The van der Waals surface area contributed by atoms with E-state index in [0.29, 0.717) is 11.5 Å². The Balaban J connectivity index is 1.75. The Morgan fingerprint density at radius 3 is 2.62 bits per heavy atom. The molecule has 0 bridgehead atoms. The van der Waals surface area contributed by atoms with Gasteiger partial charge in [-0.2, -0.15) is 0 Å². The van der Waals surface area contributed by atoms with Gasteiger partial charge < -0.3 is 10.6 Å². The smallest absolute Gasteiger partial charge is 0.274 e. The number of rotatable bonds is 4. The number of hydrogen-bond donors (Lipinski definition) is 2. The van der Waals surface area contributed by atoms with Crippen LogP contribution in [0, 0.1) is 0 Å². The summed E-state index contributed by atoms with van der Waals surface area (Å²) in [6, 6.07) is 8.27. The van der Waals surface area contributed by atoms with Gasteiger partial charge in [-0.25, -0.2) is 15.0 Å². The van der Waals surface area contributed by atoms with Gasteiger partial charge >= 0.3 is 0 Å². The number of hydrogen-bond acceptors (Lipinski definition) is 5. The fourth-order valence-corrected chi connectivity index (χ4v) is 2.01. The highest BCUT2D eigenvalue weighted by atomic mass is 16.2. The van der Waals surface area contributed by atoms with Gasteiger partial charge in [0, 0.05) is 19.4 Å². The summed E-state index contributed by atoms with van der Waals surface area (Å²) in [5.41, 5.74) is 1.01. The number of carbonyl (C=O) groups excluding carboxylic acids is 2. The number of carbonyl (C=O) groups is 2. The van der Waals surface area contributed by atoms with E-state index in [4.69, 9.17) is 0 Å². The monoisotopic (exact) mass is 322 g/mol. The summed E-state index contributed by atoms with van der Waals surface area (Å²) in [6.45, 7) is 0. The van der Waals surface area contributed by atoms with Crippen LogP contribution in [0.3, 0.4) is 0 Å². The summed E-state index contributed by atoms with van der Waals surface area (Å²) in [6.07, 6.45) is 6.40. The van der Waals surface area contributed by atoms with Crippen LogP contribution < -0.4 is 10.6 Å². The van der Waals surface area contributed by atoms with Crippen LogP contribution >= 0.6 is 0 Å². The molecule has 3 aromatic rings. The number of nitrogens with zero attached hydrogens (tertiary/aromatic N) is 4. The summed E-state index contributed by atoms with van der Waals surface area (Å²) in [4.78, 5) is 36.0. The molecule has 2 N–H and O–H groups in total. The van der Waals surface area contributed by atoms with E-state index in [1.807, 2.05) is 0 Å². The highest BCUT2D eigenvalue weighted by molar-refractivity contribution is 6.03. The predicted molar refractivity (Wildman–Crippen MR) is 86.9 cm³/mol. The first-order valence-corrected chi connectivity index (χ1v) is 7.12. The van der Waals surface area contributed by atoms with E-state index >= 15 is 0 Å². The SMILES string of the molecule is CNC(=O)c1ccc(NC(=O)c2cccc(-n3ccnc3)n2)cn1. The lowest BCUT2D eigenvalue weighted by Crippen LogP contribution is -2.19. The van der Waals surface area contributed by atoms with Gasteiger partial charge in [0.05, 0.1) is 11.9 Å². The van der Waals surface area contributed by atoms with Crippen molar-refractivity contribution in [3.8, 4) is 5.82 Å². The van der Waals surface area contributed by atoms with Crippen molar-refractivity contribution in [2.45, 2.75) is 0 Å².